The van der Waals surface area contributed by atoms with E-state index in [1.807, 2.05) is 39.1 Å². The van der Waals surface area contributed by atoms with Gasteiger partial charge in [0, 0.05) is 0 Å². The van der Waals surface area contributed by atoms with E-state index in [1.165, 1.54) is 57.8 Å². The number of amides is 1. The standard InChI is InChI=1S/C13H27.C10H13N2O2.Sn/c1-4-7-10-13(11-8-5-2)12-9-6-3;1-10(2,3)14-9(13)12-8-5-4-6-11-7-8;/h4-12H2,1-3H3;4-6H,1-3H3,(H,12,13);. The van der Waals surface area contributed by atoms with Gasteiger partial charge in [-0.05, 0) is 0 Å². The Bertz CT molecular complexity index is 562. The fraction of sp³-hybridized carbons (Fsp3) is 0.739. The normalized spacial score (nSPS) is 12.1. The van der Waals surface area contributed by atoms with Crippen molar-refractivity contribution in [1.82, 2.24) is 4.98 Å². The van der Waals surface area contributed by atoms with Gasteiger partial charge in [-0.2, -0.15) is 0 Å². The summed E-state index contributed by atoms with van der Waals surface area (Å²) in [6, 6.07) is 3.89. The van der Waals surface area contributed by atoms with Gasteiger partial charge >= 0.3 is 183 Å². The zero-order chi connectivity index (χ0) is 21.0. The minimum atomic E-state index is -1.01. The van der Waals surface area contributed by atoms with Crippen molar-refractivity contribution in [2.75, 3.05) is 5.32 Å². The van der Waals surface area contributed by atoms with Crippen molar-refractivity contribution in [3.05, 3.63) is 18.3 Å². The van der Waals surface area contributed by atoms with Crippen LogP contribution in [0.4, 0.5) is 10.5 Å². The maximum atomic E-state index is 12.3. The summed E-state index contributed by atoms with van der Waals surface area (Å²) in [5.41, 5.74) is 0.358. The Labute approximate surface area is 182 Å². The predicted octanol–water partition coefficient (Wildman–Crippen LogP) is 6.49. The van der Waals surface area contributed by atoms with E-state index in [0.717, 1.165) is 9.40 Å². The first kappa shape index (κ1) is 25.3. The van der Waals surface area contributed by atoms with E-state index in [9.17, 15) is 4.79 Å². The molecule has 0 spiro atoms. The average molecular weight is 495 g/mol. The Hall–Kier alpha value is -0.781. The number of unbranched alkanes of at least 4 members (excludes halogenated alkanes) is 3. The average Bonchev–Trinajstić information content (AvgIpc) is 2.63. The second kappa shape index (κ2) is 12.7. The van der Waals surface area contributed by atoms with E-state index in [0.29, 0.717) is 3.43 Å². The zero-order valence-electron chi connectivity index (χ0n) is 18.9. The van der Waals surface area contributed by atoms with Crippen molar-refractivity contribution in [3.63, 3.8) is 0 Å². The number of nitrogens with zero attached hydrogens (tertiary/aromatic N) is 1. The molecule has 1 rings (SSSR count). The van der Waals surface area contributed by atoms with Gasteiger partial charge in [-0.25, -0.2) is 0 Å². The molecule has 1 aromatic rings. The fourth-order valence-electron chi connectivity index (χ4n) is 3.38. The number of pyridine rings is 1. The first-order valence-electron chi connectivity index (χ1n) is 11.0. The van der Waals surface area contributed by atoms with Crippen LogP contribution in [0.3, 0.4) is 0 Å². The molecule has 0 aliphatic heterocycles. The molecule has 1 N–H and O–H groups in total. The molecular weight excluding hydrogens is 455 g/mol. The molecule has 158 valence electrons. The second-order valence-corrected chi connectivity index (χ2v) is 13.8. The molecule has 0 bridgehead atoms. The molecule has 0 aliphatic rings. The van der Waals surface area contributed by atoms with Gasteiger partial charge in [0.2, 0.25) is 0 Å². The molecule has 28 heavy (non-hydrogen) atoms. The SMILES string of the molecule is CCCC[C](CCCC)(CCCC)[Sn][c]1ncccc1NC(=O)OC(C)(C)C. The molecule has 2 radical (unpaired) electrons. The van der Waals surface area contributed by atoms with Gasteiger partial charge in [0.15, 0.2) is 0 Å². The fourth-order valence-corrected chi connectivity index (χ4v) is 8.59. The number of carbonyl (C=O) groups excluding carboxylic acids is 1. The third-order valence-corrected chi connectivity index (χ3v) is 10.3. The number of anilines is 1. The van der Waals surface area contributed by atoms with Gasteiger partial charge in [0.05, 0.1) is 0 Å². The number of rotatable bonds is 12. The summed E-state index contributed by atoms with van der Waals surface area (Å²) in [6.45, 7) is 12.5. The van der Waals surface area contributed by atoms with Gasteiger partial charge in [-0.1, -0.05) is 0 Å². The summed E-state index contributed by atoms with van der Waals surface area (Å²) in [5.74, 6) is 0. The molecule has 0 saturated carbocycles. The van der Waals surface area contributed by atoms with Crippen LogP contribution in [-0.4, -0.2) is 37.8 Å². The van der Waals surface area contributed by atoms with Crippen LogP contribution in [0.2, 0.25) is 3.43 Å². The number of hydrogen-bond acceptors (Lipinski definition) is 3. The molecule has 0 atom stereocenters. The summed E-state index contributed by atoms with van der Waals surface area (Å²) in [6.07, 6.45) is 13.0. The quantitative estimate of drug-likeness (QED) is 0.338. The third kappa shape index (κ3) is 9.62. The van der Waals surface area contributed by atoms with Crippen LogP contribution in [0.25, 0.3) is 0 Å². The Balaban J connectivity index is 3.07. The minimum absolute atomic E-state index is 0.387. The first-order valence-corrected chi connectivity index (χ1v) is 13.8. The molecule has 0 fully saturated rings. The molecule has 4 nitrogen and oxygen atoms in total. The van der Waals surface area contributed by atoms with E-state index >= 15 is 0 Å². The van der Waals surface area contributed by atoms with Crippen LogP contribution in [0.1, 0.15) is 99.3 Å². The summed E-state index contributed by atoms with van der Waals surface area (Å²) in [5, 5.41) is 2.98. The van der Waals surface area contributed by atoms with E-state index in [2.05, 4.69) is 26.1 Å². The van der Waals surface area contributed by atoms with Crippen LogP contribution < -0.4 is 9.03 Å². The molecule has 1 aromatic heterocycles. The van der Waals surface area contributed by atoms with Crippen molar-refractivity contribution in [3.8, 4) is 0 Å². The van der Waals surface area contributed by atoms with E-state index in [-0.39, 0.29) is 6.09 Å². The van der Waals surface area contributed by atoms with Crippen LogP contribution >= 0.6 is 0 Å². The maximum absolute atomic E-state index is 12.3. The Morgan fingerprint density at radius 2 is 1.57 bits per heavy atom. The topological polar surface area (TPSA) is 51.2 Å². The predicted molar refractivity (Wildman–Crippen MR) is 121 cm³/mol. The summed E-state index contributed by atoms with van der Waals surface area (Å²) >= 11 is -1.01. The number of aromatic nitrogens is 1. The molecule has 0 saturated heterocycles. The molecule has 0 aromatic carbocycles. The van der Waals surface area contributed by atoms with E-state index in [1.54, 1.807) is 0 Å². The molecular formula is C23H40N2O2Sn. The van der Waals surface area contributed by atoms with Gasteiger partial charge in [-0.3, -0.25) is 0 Å². The monoisotopic (exact) mass is 496 g/mol. The van der Waals surface area contributed by atoms with Gasteiger partial charge < -0.3 is 0 Å². The number of nitrogens with one attached hydrogen (secondary N) is 1. The van der Waals surface area contributed by atoms with Gasteiger partial charge in [0.25, 0.3) is 0 Å². The summed E-state index contributed by atoms with van der Waals surface area (Å²) < 4.78 is 7.05. The van der Waals surface area contributed by atoms with Gasteiger partial charge in [-0.15, -0.1) is 0 Å². The Morgan fingerprint density at radius 3 is 2.04 bits per heavy atom. The van der Waals surface area contributed by atoms with Crippen LogP contribution in [0, 0.1) is 0 Å². The van der Waals surface area contributed by atoms with E-state index in [4.69, 9.17) is 9.72 Å². The van der Waals surface area contributed by atoms with Crippen LogP contribution in [-0.2, 0) is 4.74 Å². The number of carbonyl (C=O) groups is 1. The molecule has 5 heteroatoms. The number of hydrogen-bond donors (Lipinski definition) is 1. The molecule has 0 unspecified atom stereocenters. The number of ether oxygens (including phenoxy) is 1. The van der Waals surface area contributed by atoms with Crippen molar-refractivity contribution in [1.29, 1.82) is 0 Å². The zero-order valence-corrected chi connectivity index (χ0v) is 21.7. The summed E-state index contributed by atoms with van der Waals surface area (Å²) in [7, 11) is 0. The van der Waals surface area contributed by atoms with Crippen LogP contribution in [0.5, 0.6) is 0 Å². The van der Waals surface area contributed by atoms with E-state index < -0.39 is 26.7 Å². The third-order valence-electron chi connectivity index (χ3n) is 4.85. The van der Waals surface area contributed by atoms with Crippen molar-refractivity contribution >= 4 is 36.6 Å². The first-order chi connectivity index (χ1) is 13.2. The van der Waals surface area contributed by atoms with Crippen LogP contribution in [0.15, 0.2) is 18.3 Å². The Morgan fingerprint density at radius 1 is 1.04 bits per heavy atom. The molecule has 1 amide bonds. The van der Waals surface area contributed by atoms with Crippen molar-refractivity contribution in [2.24, 2.45) is 0 Å². The Kier molecular flexibility index (Phi) is 11.5. The van der Waals surface area contributed by atoms with Crippen molar-refractivity contribution < 1.29 is 9.53 Å². The van der Waals surface area contributed by atoms with Gasteiger partial charge in [0.1, 0.15) is 0 Å². The molecule has 0 aliphatic carbocycles. The second-order valence-electron chi connectivity index (χ2n) is 8.74. The molecule has 1 heterocycles. The van der Waals surface area contributed by atoms with Crippen molar-refractivity contribution in [2.45, 2.75) is 108 Å². The summed E-state index contributed by atoms with van der Waals surface area (Å²) in [4.78, 5) is 17.1.